The lowest BCUT2D eigenvalue weighted by Crippen LogP contribution is -2.05. The molecule has 0 amide bonds. The number of hydrogen-bond donors (Lipinski definition) is 0. The molecule has 0 rings (SSSR count). The Kier molecular flexibility index (Phi) is 45.0. The van der Waals surface area contributed by atoms with Gasteiger partial charge >= 0.3 is 5.97 Å². The molecule has 0 aliphatic rings. The van der Waals surface area contributed by atoms with E-state index in [4.69, 9.17) is 4.74 Å². The Morgan fingerprint density at radius 2 is 0.449 bits per heavy atom. The number of ether oxygens (including phenoxy) is 1. The Morgan fingerprint density at radius 3 is 0.673 bits per heavy atom. The van der Waals surface area contributed by atoms with Crippen LogP contribution in [0.15, 0.2) is 0 Å². The Hall–Kier alpha value is -0.530. The van der Waals surface area contributed by atoms with Crippen molar-refractivity contribution in [3.8, 4) is 0 Å². The van der Waals surface area contributed by atoms with Crippen LogP contribution in [0.3, 0.4) is 0 Å². The summed E-state index contributed by atoms with van der Waals surface area (Å²) in [5, 5.41) is 0. The van der Waals surface area contributed by atoms with E-state index in [9.17, 15) is 4.79 Å². The lowest BCUT2D eigenvalue weighted by Gasteiger charge is -2.06. The molecular weight excluding hydrogens is 597 g/mol. The molecule has 0 bridgehead atoms. The number of hydrogen-bond acceptors (Lipinski definition) is 2. The molecular formula is C47H94O2. The number of carbonyl (C=O) groups excluding carboxylic acids is 1. The highest BCUT2D eigenvalue weighted by molar-refractivity contribution is 5.69. The van der Waals surface area contributed by atoms with Gasteiger partial charge in [-0.3, -0.25) is 4.79 Å². The summed E-state index contributed by atoms with van der Waals surface area (Å²) in [6, 6.07) is 0. The largest absolute Gasteiger partial charge is 0.466 e. The van der Waals surface area contributed by atoms with Crippen molar-refractivity contribution in [3.63, 3.8) is 0 Å². The van der Waals surface area contributed by atoms with Crippen molar-refractivity contribution in [1.29, 1.82) is 0 Å². The van der Waals surface area contributed by atoms with Crippen LogP contribution >= 0.6 is 0 Å². The van der Waals surface area contributed by atoms with Crippen LogP contribution < -0.4 is 0 Å². The van der Waals surface area contributed by atoms with E-state index in [0.29, 0.717) is 13.0 Å². The third-order valence-corrected chi connectivity index (χ3v) is 11.0. The van der Waals surface area contributed by atoms with Crippen LogP contribution in [0.1, 0.15) is 290 Å². The van der Waals surface area contributed by atoms with E-state index in [1.807, 2.05) is 0 Å². The minimum Gasteiger partial charge on any atom is -0.466 e. The highest BCUT2D eigenvalue weighted by atomic mass is 16.5. The van der Waals surface area contributed by atoms with Crippen molar-refractivity contribution in [2.45, 2.75) is 290 Å². The van der Waals surface area contributed by atoms with Crippen molar-refractivity contribution in [2.75, 3.05) is 6.61 Å². The van der Waals surface area contributed by atoms with Gasteiger partial charge in [0.15, 0.2) is 0 Å². The lowest BCUT2D eigenvalue weighted by atomic mass is 10.0. The fraction of sp³-hybridized carbons (Fsp3) is 0.979. The van der Waals surface area contributed by atoms with Crippen molar-refractivity contribution >= 4 is 5.97 Å². The van der Waals surface area contributed by atoms with Gasteiger partial charge in [0.05, 0.1) is 6.61 Å². The molecule has 49 heavy (non-hydrogen) atoms. The van der Waals surface area contributed by atoms with Gasteiger partial charge in [-0.1, -0.05) is 271 Å². The minimum absolute atomic E-state index is 0.0314. The van der Waals surface area contributed by atoms with Crippen LogP contribution in [-0.4, -0.2) is 12.6 Å². The molecule has 0 saturated carbocycles. The molecule has 0 aromatic heterocycles. The zero-order valence-corrected chi connectivity index (χ0v) is 34.4. The standard InChI is InChI=1S/C47H94O2/c1-3-5-7-9-11-13-15-17-18-19-20-21-22-23-24-25-26-27-28-29-30-31-32-33-35-37-39-41-43-45-47(48)49-46-44-42-40-38-36-34-16-14-12-10-8-6-4-2/h3-46H2,1-2H3. The fourth-order valence-corrected chi connectivity index (χ4v) is 7.49. The molecule has 0 unspecified atom stereocenters. The Bertz CT molecular complexity index is 587. The first-order valence-corrected chi connectivity index (χ1v) is 23.5. The van der Waals surface area contributed by atoms with Gasteiger partial charge in [-0.2, -0.15) is 0 Å². The Morgan fingerprint density at radius 1 is 0.265 bits per heavy atom. The van der Waals surface area contributed by atoms with Crippen LogP contribution in [-0.2, 0) is 9.53 Å². The van der Waals surface area contributed by atoms with E-state index < -0.39 is 0 Å². The molecule has 0 aromatic rings. The van der Waals surface area contributed by atoms with Crippen LogP contribution in [0.2, 0.25) is 0 Å². The number of carbonyl (C=O) groups is 1. The number of esters is 1. The van der Waals surface area contributed by atoms with Gasteiger partial charge in [0.1, 0.15) is 0 Å². The summed E-state index contributed by atoms with van der Waals surface area (Å²) in [6.07, 6.45) is 59.4. The molecule has 0 spiro atoms. The smallest absolute Gasteiger partial charge is 0.305 e. The summed E-state index contributed by atoms with van der Waals surface area (Å²) in [5.41, 5.74) is 0. The topological polar surface area (TPSA) is 26.3 Å². The van der Waals surface area contributed by atoms with Gasteiger partial charge in [0.25, 0.3) is 0 Å². The molecule has 294 valence electrons. The van der Waals surface area contributed by atoms with Gasteiger partial charge in [0, 0.05) is 6.42 Å². The van der Waals surface area contributed by atoms with Crippen LogP contribution in [0.25, 0.3) is 0 Å². The average Bonchev–Trinajstić information content (AvgIpc) is 3.11. The van der Waals surface area contributed by atoms with E-state index in [-0.39, 0.29) is 5.97 Å². The minimum atomic E-state index is 0.0314. The summed E-state index contributed by atoms with van der Waals surface area (Å²) in [5.74, 6) is 0.0314. The predicted molar refractivity (Wildman–Crippen MR) is 221 cm³/mol. The van der Waals surface area contributed by atoms with Crippen molar-refractivity contribution in [1.82, 2.24) is 0 Å². The fourth-order valence-electron chi connectivity index (χ4n) is 7.49. The maximum atomic E-state index is 12.0. The third kappa shape index (κ3) is 45.4. The second kappa shape index (κ2) is 45.5. The van der Waals surface area contributed by atoms with Crippen LogP contribution in [0, 0.1) is 0 Å². The maximum absolute atomic E-state index is 12.0. The Labute approximate surface area is 311 Å². The van der Waals surface area contributed by atoms with Crippen molar-refractivity contribution in [2.24, 2.45) is 0 Å². The number of rotatable bonds is 44. The maximum Gasteiger partial charge on any atom is 0.305 e. The van der Waals surface area contributed by atoms with Gasteiger partial charge < -0.3 is 4.74 Å². The van der Waals surface area contributed by atoms with Crippen LogP contribution in [0.5, 0.6) is 0 Å². The van der Waals surface area contributed by atoms with E-state index >= 15 is 0 Å². The second-order valence-corrected chi connectivity index (χ2v) is 16.1. The van der Waals surface area contributed by atoms with E-state index in [1.165, 1.54) is 257 Å². The summed E-state index contributed by atoms with van der Waals surface area (Å²) in [7, 11) is 0. The quantitative estimate of drug-likeness (QED) is 0.0470. The van der Waals surface area contributed by atoms with E-state index in [2.05, 4.69) is 13.8 Å². The molecule has 2 heteroatoms. The molecule has 0 fully saturated rings. The van der Waals surface area contributed by atoms with Gasteiger partial charge in [-0.15, -0.1) is 0 Å². The lowest BCUT2D eigenvalue weighted by molar-refractivity contribution is -0.143. The average molecular weight is 691 g/mol. The van der Waals surface area contributed by atoms with E-state index in [0.717, 1.165) is 12.8 Å². The molecule has 0 radical (unpaired) electrons. The predicted octanol–water partition coefficient (Wildman–Crippen LogP) is 17.3. The summed E-state index contributed by atoms with van der Waals surface area (Å²) in [4.78, 5) is 12.0. The SMILES string of the molecule is CCCCCCCCCCCCCCCCCCCCCCCCCCCCCCCC(=O)OCCCCCCCCCCCCCCC. The zero-order chi connectivity index (χ0) is 35.4. The molecule has 0 aliphatic heterocycles. The molecule has 2 nitrogen and oxygen atoms in total. The molecule has 0 heterocycles. The first-order chi connectivity index (χ1) is 24.3. The normalized spacial score (nSPS) is 11.5. The summed E-state index contributed by atoms with van der Waals surface area (Å²) < 4.78 is 5.47. The molecule has 0 aliphatic carbocycles. The highest BCUT2D eigenvalue weighted by Crippen LogP contribution is 2.17. The number of unbranched alkanes of at least 4 members (excludes halogenated alkanes) is 40. The highest BCUT2D eigenvalue weighted by Gasteiger charge is 2.03. The molecule has 0 aromatic carbocycles. The van der Waals surface area contributed by atoms with Gasteiger partial charge in [-0.25, -0.2) is 0 Å². The molecule has 0 atom stereocenters. The first-order valence-electron chi connectivity index (χ1n) is 23.5. The van der Waals surface area contributed by atoms with Crippen molar-refractivity contribution < 1.29 is 9.53 Å². The Balaban J connectivity index is 3.12. The first kappa shape index (κ1) is 48.5. The zero-order valence-electron chi connectivity index (χ0n) is 34.4. The molecule has 0 N–H and O–H groups in total. The second-order valence-electron chi connectivity index (χ2n) is 16.1. The van der Waals surface area contributed by atoms with Crippen LogP contribution in [0.4, 0.5) is 0 Å². The van der Waals surface area contributed by atoms with E-state index in [1.54, 1.807) is 0 Å². The summed E-state index contributed by atoms with van der Waals surface area (Å²) in [6.45, 7) is 5.23. The monoisotopic (exact) mass is 691 g/mol. The van der Waals surface area contributed by atoms with Gasteiger partial charge in [0.2, 0.25) is 0 Å². The third-order valence-electron chi connectivity index (χ3n) is 11.0. The summed E-state index contributed by atoms with van der Waals surface area (Å²) >= 11 is 0. The van der Waals surface area contributed by atoms with Gasteiger partial charge in [-0.05, 0) is 12.8 Å². The molecule has 0 saturated heterocycles. The van der Waals surface area contributed by atoms with Crippen molar-refractivity contribution in [3.05, 3.63) is 0 Å².